The van der Waals surface area contributed by atoms with Gasteiger partial charge in [0, 0.05) is 6.04 Å². The van der Waals surface area contributed by atoms with Crippen molar-refractivity contribution in [2.24, 2.45) is 5.41 Å². The molecule has 2 rings (SSSR count). The molecule has 1 atom stereocenters. The zero-order valence-corrected chi connectivity index (χ0v) is 11.7. The van der Waals surface area contributed by atoms with E-state index in [0.717, 1.165) is 6.42 Å². The maximum Gasteiger partial charge on any atom is 0.241 e. The van der Waals surface area contributed by atoms with Crippen LogP contribution in [0.4, 0.5) is 0 Å². The molecule has 0 spiro atoms. The SMILES string of the molecule is Cc1ccc(CO)cc1S(=O)(=O)NC1CC1(C)C. The van der Waals surface area contributed by atoms with E-state index in [9.17, 15) is 8.42 Å². The fourth-order valence-corrected chi connectivity index (χ4v) is 3.65. The number of aliphatic hydroxyl groups excluding tert-OH is 1. The molecule has 0 saturated heterocycles. The van der Waals surface area contributed by atoms with Crippen molar-refractivity contribution in [1.82, 2.24) is 4.72 Å². The minimum absolute atomic E-state index is 0.0136. The summed E-state index contributed by atoms with van der Waals surface area (Å²) < 4.78 is 27.3. The van der Waals surface area contributed by atoms with Crippen LogP contribution in [0, 0.1) is 12.3 Å². The predicted molar refractivity (Wildman–Crippen MR) is 69.6 cm³/mol. The van der Waals surface area contributed by atoms with Crippen molar-refractivity contribution >= 4 is 10.0 Å². The summed E-state index contributed by atoms with van der Waals surface area (Å²) in [5.41, 5.74) is 1.35. The van der Waals surface area contributed by atoms with Crippen LogP contribution >= 0.6 is 0 Å². The number of hydrogen-bond acceptors (Lipinski definition) is 3. The van der Waals surface area contributed by atoms with Crippen LogP contribution in [0.2, 0.25) is 0 Å². The highest BCUT2D eigenvalue weighted by atomic mass is 32.2. The average molecular weight is 269 g/mol. The van der Waals surface area contributed by atoms with Gasteiger partial charge in [-0.25, -0.2) is 13.1 Å². The molecule has 1 saturated carbocycles. The van der Waals surface area contributed by atoms with E-state index < -0.39 is 10.0 Å². The third-order valence-electron chi connectivity index (χ3n) is 3.54. The summed E-state index contributed by atoms with van der Waals surface area (Å²) in [5.74, 6) is 0. The Balaban J connectivity index is 2.29. The topological polar surface area (TPSA) is 66.4 Å². The van der Waals surface area contributed by atoms with Gasteiger partial charge in [-0.05, 0) is 36.0 Å². The van der Waals surface area contributed by atoms with Crippen LogP contribution in [0.5, 0.6) is 0 Å². The van der Waals surface area contributed by atoms with Gasteiger partial charge in [-0.2, -0.15) is 0 Å². The Morgan fingerprint density at radius 3 is 2.56 bits per heavy atom. The smallest absolute Gasteiger partial charge is 0.241 e. The van der Waals surface area contributed by atoms with Gasteiger partial charge < -0.3 is 5.11 Å². The van der Waals surface area contributed by atoms with Crippen molar-refractivity contribution in [3.8, 4) is 0 Å². The molecule has 0 bridgehead atoms. The molecule has 100 valence electrons. The largest absolute Gasteiger partial charge is 0.392 e. The van der Waals surface area contributed by atoms with Crippen molar-refractivity contribution in [3.05, 3.63) is 29.3 Å². The molecular formula is C13H19NO3S. The van der Waals surface area contributed by atoms with Gasteiger partial charge in [0.15, 0.2) is 0 Å². The standard InChI is InChI=1S/C13H19NO3S/c1-9-4-5-10(8-15)6-11(9)18(16,17)14-12-7-13(12,2)3/h4-6,12,14-15H,7-8H2,1-3H3. The first-order chi connectivity index (χ1) is 8.26. The molecule has 0 heterocycles. The van der Waals surface area contributed by atoms with Crippen LogP contribution in [0.3, 0.4) is 0 Å². The van der Waals surface area contributed by atoms with Gasteiger partial charge in [0.2, 0.25) is 10.0 Å². The molecule has 1 aromatic carbocycles. The minimum Gasteiger partial charge on any atom is -0.392 e. The molecule has 0 radical (unpaired) electrons. The van der Waals surface area contributed by atoms with Crippen molar-refractivity contribution in [1.29, 1.82) is 0 Å². The van der Waals surface area contributed by atoms with Gasteiger partial charge in [0.05, 0.1) is 11.5 Å². The highest BCUT2D eigenvalue weighted by Gasteiger charge is 2.48. The van der Waals surface area contributed by atoms with Crippen LogP contribution in [0.25, 0.3) is 0 Å². The Kier molecular flexibility index (Phi) is 3.25. The van der Waals surface area contributed by atoms with Crippen LogP contribution in [0.15, 0.2) is 23.1 Å². The molecule has 4 nitrogen and oxygen atoms in total. The summed E-state index contributed by atoms with van der Waals surface area (Å²) >= 11 is 0. The number of hydrogen-bond donors (Lipinski definition) is 2. The van der Waals surface area contributed by atoms with Gasteiger partial charge in [-0.3, -0.25) is 0 Å². The third kappa shape index (κ3) is 2.58. The average Bonchev–Trinajstić information content (AvgIpc) is 2.85. The van der Waals surface area contributed by atoms with Crippen molar-refractivity contribution in [3.63, 3.8) is 0 Å². The van der Waals surface area contributed by atoms with Crippen molar-refractivity contribution in [2.45, 2.75) is 44.7 Å². The third-order valence-corrected chi connectivity index (χ3v) is 5.15. The first-order valence-corrected chi connectivity index (χ1v) is 7.47. The fraction of sp³-hybridized carbons (Fsp3) is 0.538. The molecule has 1 aromatic rings. The van der Waals surface area contributed by atoms with Gasteiger partial charge in [-0.1, -0.05) is 26.0 Å². The van der Waals surface area contributed by atoms with Gasteiger partial charge in [0.25, 0.3) is 0 Å². The maximum absolute atomic E-state index is 12.3. The minimum atomic E-state index is -3.49. The summed E-state index contributed by atoms with van der Waals surface area (Å²) in [6.45, 7) is 5.68. The molecular weight excluding hydrogens is 250 g/mol. The number of sulfonamides is 1. The lowest BCUT2D eigenvalue weighted by molar-refractivity contribution is 0.281. The van der Waals surface area contributed by atoms with Gasteiger partial charge in [-0.15, -0.1) is 0 Å². The molecule has 0 aromatic heterocycles. The first-order valence-electron chi connectivity index (χ1n) is 5.99. The van der Waals surface area contributed by atoms with Crippen LogP contribution < -0.4 is 4.72 Å². The summed E-state index contributed by atoms with van der Waals surface area (Å²) in [6, 6.07) is 5.00. The molecule has 1 unspecified atom stereocenters. The van der Waals surface area contributed by atoms with E-state index in [0.29, 0.717) is 11.1 Å². The van der Waals surface area contributed by atoms with Gasteiger partial charge in [0.1, 0.15) is 0 Å². The van der Waals surface area contributed by atoms with Crippen molar-refractivity contribution < 1.29 is 13.5 Å². The van der Waals surface area contributed by atoms with Crippen LogP contribution in [-0.2, 0) is 16.6 Å². The molecule has 1 aliphatic carbocycles. The number of aryl methyl sites for hydroxylation is 1. The lowest BCUT2D eigenvalue weighted by atomic mass is 10.2. The second-order valence-electron chi connectivity index (χ2n) is 5.62. The number of aliphatic hydroxyl groups is 1. The normalized spacial score (nSPS) is 21.9. The number of nitrogens with one attached hydrogen (secondary N) is 1. The summed E-state index contributed by atoms with van der Waals surface area (Å²) in [4.78, 5) is 0.261. The molecule has 5 heteroatoms. The molecule has 2 N–H and O–H groups in total. The quantitative estimate of drug-likeness (QED) is 0.872. The van der Waals surface area contributed by atoms with E-state index in [1.165, 1.54) is 6.07 Å². The van der Waals surface area contributed by atoms with Crippen molar-refractivity contribution in [2.75, 3.05) is 0 Å². The molecule has 1 fully saturated rings. The zero-order chi connectivity index (χ0) is 13.6. The highest BCUT2D eigenvalue weighted by Crippen LogP contribution is 2.45. The van der Waals surface area contributed by atoms with Crippen LogP contribution in [-0.4, -0.2) is 19.6 Å². The fourth-order valence-electron chi connectivity index (χ4n) is 1.95. The lowest BCUT2D eigenvalue weighted by Gasteiger charge is -2.11. The second kappa shape index (κ2) is 4.33. The number of benzene rings is 1. The Bertz CT molecular complexity index is 564. The highest BCUT2D eigenvalue weighted by molar-refractivity contribution is 7.89. The predicted octanol–water partition coefficient (Wildman–Crippen LogP) is 1.56. The Morgan fingerprint density at radius 2 is 2.06 bits per heavy atom. The van der Waals surface area contributed by atoms with E-state index in [-0.39, 0.29) is 23.0 Å². The van der Waals surface area contributed by atoms with E-state index in [2.05, 4.69) is 4.72 Å². The summed E-state index contributed by atoms with van der Waals surface area (Å²) in [6.07, 6.45) is 0.866. The number of rotatable bonds is 4. The Hall–Kier alpha value is -0.910. The van der Waals surface area contributed by atoms with E-state index >= 15 is 0 Å². The van der Waals surface area contributed by atoms with E-state index in [1.807, 2.05) is 13.8 Å². The Labute approximate surface area is 108 Å². The van der Waals surface area contributed by atoms with E-state index in [4.69, 9.17) is 5.11 Å². The van der Waals surface area contributed by atoms with E-state index in [1.54, 1.807) is 19.1 Å². The summed E-state index contributed by atoms with van der Waals surface area (Å²) in [7, 11) is -3.49. The maximum atomic E-state index is 12.3. The first kappa shape index (κ1) is 13.5. The molecule has 18 heavy (non-hydrogen) atoms. The zero-order valence-electron chi connectivity index (χ0n) is 10.9. The molecule has 0 aliphatic heterocycles. The molecule has 0 amide bonds. The second-order valence-corrected chi connectivity index (χ2v) is 7.31. The lowest BCUT2D eigenvalue weighted by Crippen LogP contribution is -2.29. The monoisotopic (exact) mass is 269 g/mol. The van der Waals surface area contributed by atoms with Gasteiger partial charge >= 0.3 is 0 Å². The van der Waals surface area contributed by atoms with Crippen LogP contribution in [0.1, 0.15) is 31.4 Å². The Morgan fingerprint density at radius 1 is 1.44 bits per heavy atom. The molecule has 1 aliphatic rings. The summed E-state index contributed by atoms with van der Waals surface area (Å²) in [5, 5.41) is 9.08.